The molecule has 0 unspecified atom stereocenters. The predicted molar refractivity (Wildman–Crippen MR) is 72.4 cm³/mol. The molecule has 0 saturated heterocycles. The molecule has 0 radical (unpaired) electrons. The highest BCUT2D eigenvalue weighted by Crippen LogP contribution is 2.25. The van der Waals surface area contributed by atoms with E-state index in [9.17, 15) is 0 Å². The molecule has 0 spiro atoms. The Morgan fingerprint density at radius 3 is 1.94 bits per heavy atom. The Bertz CT molecular complexity index is 504. The van der Waals surface area contributed by atoms with Crippen LogP contribution in [0.15, 0.2) is 12.3 Å². The van der Waals surface area contributed by atoms with Crippen molar-refractivity contribution in [2.45, 2.75) is 48.5 Å². The molecule has 0 saturated carbocycles. The minimum absolute atomic E-state index is 1.36. The molecule has 0 aromatic carbocycles. The van der Waals surface area contributed by atoms with Crippen molar-refractivity contribution in [3.05, 3.63) is 40.2 Å². The normalized spacial score (nSPS) is 10.2. The first kappa shape index (κ1) is 12.8. The number of pyridine rings is 1. The molecule has 0 amide bonds. The third-order valence-electron chi connectivity index (χ3n) is 3.48. The van der Waals surface area contributed by atoms with Crippen LogP contribution in [0.2, 0.25) is 0 Å². The van der Waals surface area contributed by atoms with Gasteiger partial charge in [0.25, 0.3) is 0 Å². The van der Waals surface area contributed by atoms with Crippen LogP contribution in [0.1, 0.15) is 41.8 Å². The third-order valence-corrected chi connectivity index (χ3v) is 3.48. The second-order valence-electron chi connectivity index (χ2n) is 4.18. The molecule has 2 aromatic heterocycles. The summed E-state index contributed by atoms with van der Waals surface area (Å²) in [5, 5.41) is 0. The van der Waals surface area contributed by atoms with E-state index in [2.05, 4.69) is 51.3 Å². The smallest absolute Gasteiger partial charge is 0.0516 e. The van der Waals surface area contributed by atoms with Crippen LogP contribution in [-0.2, 0) is 0 Å². The van der Waals surface area contributed by atoms with Gasteiger partial charge in [-0.25, -0.2) is 0 Å². The first-order chi connectivity index (χ1) is 7.54. The van der Waals surface area contributed by atoms with E-state index in [-0.39, 0.29) is 0 Å². The van der Waals surface area contributed by atoms with Crippen molar-refractivity contribution in [2.75, 3.05) is 0 Å². The Kier molecular flexibility index (Phi) is 3.79. The fourth-order valence-electron chi connectivity index (χ4n) is 2.12. The summed E-state index contributed by atoms with van der Waals surface area (Å²) in [6, 6.07) is 2.19. The quantitative estimate of drug-likeness (QED) is 0.611. The van der Waals surface area contributed by atoms with Crippen molar-refractivity contribution in [2.24, 2.45) is 0 Å². The van der Waals surface area contributed by atoms with Crippen molar-refractivity contribution < 1.29 is 0 Å². The Morgan fingerprint density at radius 2 is 1.38 bits per heavy atom. The SMILES string of the molecule is CC.Cc1ccn2c(C)c(C)c(C)c2c1C. The summed E-state index contributed by atoms with van der Waals surface area (Å²) < 4.78 is 2.30. The Morgan fingerprint density at radius 1 is 0.812 bits per heavy atom. The Labute approximate surface area is 99.1 Å². The molecule has 2 rings (SSSR count). The lowest BCUT2D eigenvalue weighted by Gasteiger charge is -2.05. The number of hydrogen-bond acceptors (Lipinski definition) is 0. The summed E-state index contributed by atoms with van der Waals surface area (Å²) in [6.45, 7) is 15.0. The Hall–Kier alpha value is -1.24. The first-order valence-corrected chi connectivity index (χ1v) is 6.08. The fourth-order valence-corrected chi connectivity index (χ4v) is 2.12. The lowest BCUT2D eigenvalue weighted by molar-refractivity contribution is 1.08. The largest absolute Gasteiger partial charge is 0.320 e. The van der Waals surface area contributed by atoms with Crippen molar-refractivity contribution in [3.8, 4) is 0 Å². The molecule has 0 aliphatic heterocycles. The molecule has 2 aromatic rings. The molecule has 16 heavy (non-hydrogen) atoms. The summed E-state index contributed by atoms with van der Waals surface area (Å²) >= 11 is 0. The molecule has 88 valence electrons. The van der Waals surface area contributed by atoms with Gasteiger partial charge in [0.05, 0.1) is 5.52 Å². The van der Waals surface area contributed by atoms with Crippen molar-refractivity contribution in [3.63, 3.8) is 0 Å². The van der Waals surface area contributed by atoms with Crippen molar-refractivity contribution >= 4 is 5.52 Å². The average Bonchev–Trinajstić information content (AvgIpc) is 2.52. The van der Waals surface area contributed by atoms with Crippen LogP contribution < -0.4 is 0 Å². The molecular weight excluding hydrogens is 194 g/mol. The fraction of sp³-hybridized carbons (Fsp3) is 0.467. The van der Waals surface area contributed by atoms with E-state index >= 15 is 0 Å². The highest BCUT2D eigenvalue weighted by molar-refractivity contribution is 5.67. The highest BCUT2D eigenvalue weighted by atomic mass is 14.9. The highest BCUT2D eigenvalue weighted by Gasteiger charge is 2.10. The van der Waals surface area contributed by atoms with Crippen LogP contribution in [0.5, 0.6) is 0 Å². The number of fused-ring (bicyclic) bond motifs is 1. The number of aryl methyl sites for hydroxylation is 4. The zero-order valence-corrected chi connectivity index (χ0v) is 11.6. The molecule has 0 aliphatic carbocycles. The van der Waals surface area contributed by atoms with Gasteiger partial charge in [-0.3, -0.25) is 0 Å². The molecule has 1 nitrogen and oxygen atoms in total. The molecule has 0 atom stereocenters. The lowest BCUT2D eigenvalue weighted by Crippen LogP contribution is -1.91. The van der Waals surface area contributed by atoms with E-state index in [1.54, 1.807) is 0 Å². The summed E-state index contributed by atoms with van der Waals surface area (Å²) in [4.78, 5) is 0. The van der Waals surface area contributed by atoms with Crippen molar-refractivity contribution in [1.29, 1.82) is 0 Å². The van der Waals surface area contributed by atoms with Gasteiger partial charge in [0.15, 0.2) is 0 Å². The summed E-state index contributed by atoms with van der Waals surface area (Å²) in [5.74, 6) is 0. The Balaban J connectivity index is 0.000000606. The second-order valence-corrected chi connectivity index (χ2v) is 4.18. The van der Waals surface area contributed by atoms with Crippen LogP contribution in [0.25, 0.3) is 5.52 Å². The van der Waals surface area contributed by atoms with E-state index < -0.39 is 0 Å². The zero-order valence-electron chi connectivity index (χ0n) is 11.6. The molecular formula is C15H23N. The maximum atomic E-state index is 2.30. The van der Waals surface area contributed by atoms with Crippen LogP contribution in [0.4, 0.5) is 0 Å². The third kappa shape index (κ3) is 1.75. The predicted octanol–water partition coefficient (Wildman–Crippen LogP) is 4.51. The summed E-state index contributed by atoms with van der Waals surface area (Å²) in [5.41, 5.74) is 8.36. The zero-order chi connectivity index (χ0) is 12.5. The van der Waals surface area contributed by atoms with Gasteiger partial charge in [-0.05, 0) is 62.9 Å². The van der Waals surface area contributed by atoms with E-state index in [0.717, 1.165) is 0 Å². The number of rotatable bonds is 0. The van der Waals surface area contributed by atoms with Gasteiger partial charge in [0.2, 0.25) is 0 Å². The number of hydrogen-bond donors (Lipinski definition) is 0. The topological polar surface area (TPSA) is 4.41 Å². The van der Waals surface area contributed by atoms with Crippen molar-refractivity contribution in [1.82, 2.24) is 4.40 Å². The molecule has 1 heteroatoms. The standard InChI is InChI=1S/C13H17N.C2H6/c1-8-6-7-14-12(5)10(3)11(4)13(14)9(8)2;1-2/h6-7H,1-5H3;1-2H3. The van der Waals surface area contributed by atoms with Gasteiger partial charge in [0.1, 0.15) is 0 Å². The number of aromatic nitrogens is 1. The molecule has 2 heterocycles. The molecule has 0 aliphatic rings. The molecule has 0 fully saturated rings. The van der Waals surface area contributed by atoms with Crippen LogP contribution in [0, 0.1) is 34.6 Å². The summed E-state index contributed by atoms with van der Waals surface area (Å²) in [6.07, 6.45) is 2.17. The van der Waals surface area contributed by atoms with Gasteiger partial charge in [-0.1, -0.05) is 13.8 Å². The monoisotopic (exact) mass is 217 g/mol. The van der Waals surface area contributed by atoms with E-state index in [4.69, 9.17) is 0 Å². The maximum absolute atomic E-state index is 2.30. The average molecular weight is 217 g/mol. The minimum Gasteiger partial charge on any atom is -0.320 e. The van der Waals surface area contributed by atoms with Gasteiger partial charge in [-0.2, -0.15) is 0 Å². The van der Waals surface area contributed by atoms with E-state index in [1.807, 2.05) is 13.8 Å². The summed E-state index contributed by atoms with van der Waals surface area (Å²) in [7, 11) is 0. The van der Waals surface area contributed by atoms with E-state index in [1.165, 1.54) is 33.5 Å². The van der Waals surface area contributed by atoms with E-state index in [0.29, 0.717) is 0 Å². The second kappa shape index (κ2) is 4.73. The van der Waals surface area contributed by atoms with Crippen LogP contribution in [-0.4, -0.2) is 4.40 Å². The van der Waals surface area contributed by atoms with Gasteiger partial charge >= 0.3 is 0 Å². The lowest BCUT2D eigenvalue weighted by atomic mass is 10.1. The van der Waals surface area contributed by atoms with Gasteiger partial charge in [0, 0.05) is 11.9 Å². The maximum Gasteiger partial charge on any atom is 0.0516 e. The first-order valence-electron chi connectivity index (χ1n) is 6.08. The number of nitrogens with zero attached hydrogens (tertiary/aromatic N) is 1. The minimum atomic E-state index is 1.36. The van der Waals surface area contributed by atoms with Crippen LogP contribution in [0.3, 0.4) is 0 Å². The van der Waals surface area contributed by atoms with Gasteiger partial charge in [-0.15, -0.1) is 0 Å². The molecule has 0 N–H and O–H groups in total. The molecule has 0 bridgehead atoms. The van der Waals surface area contributed by atoms with Gasteiger partial charge < -0.3 is 4.40 Å². The van der Waals surface area contributed by atoms with Crippen LogP contribution >= 0.6 is 0 Å².